The Kier molecular flexibility index (Phi) is 6.02. The van der Waals surface area contributed by atoms with Crippen LogP contribution in [-0.2, 0) is 21.4 Å². The molecule has 1 saturated heterocycles. The molecule has 0 bridgehead atoms. The molecule has 0 saturated carbocycles. The zero-order valence-corrected chi connectivity index (χ0v) is 19.8. The van der Waals surface area contributed by atoms with Gasteiger partial charge in [0.15, 0.2) is 11.6 Å². The molecule has 0 aliphatic carbocycles. The first-order chi connectivity index (χ1) is 15.4. The number of ether oxygens (including phenoxy) is 2. The van der Waals surface area contributed by atoms with E-state index in [0.29, 0.717) is 24.8 Å². The summed E-state index contributed by atoms with van der Waals surface area (Å²) in [5.41, 5.74) is 2.09. The Bertz CT molecular complexity index is 1060. The molecule has 6 heteroatoms. The summed E-state index contributed by atoms with van der Waals surface area (Å²) in [6.45, 7) is 10.4. The number of carbonyl (C=O) groups is 1. The molecule has 178 valence electrons. The van der Waals surface area contributed by atoms with Crippen molar-refractivity contribution in [3.05, 3.63) is 64.7 Å². The molecule has 0 amide bonds. The largest absolute Gasteiger partial charge is 0.487 e. The molecule has 0 aromatic heterocycles. The number of aliphatic carboxylic acids is 1. The third kappa shape index (κ3) is 4.63. The van der Waals surface area contributed by atoms with Crippen molar-refractivity contribution < 1.29 is 28.2 Å². The molecule has 0 spiro atoms. The summed E-state index contributed by atoms with van der Waals surface area (Å²) < 4.78 is 39.8. The van der Waals surface area contributed by atoms with Crippen LogP contribution in [0.2, 0.25) is 0 Å². The number of halogens is 2. The minimum absolute atomic E-state index is 0.0538. The first kappa shape index (κ1) is 23.7. The number of rotatable bonds is 4. The maximum Gasteiger partial charge on any atom is 0.309 e. The first-order valence-electron chi connectivity index (χ1n) is 11.5. The fourth-order valence-corrected chi connectivity index (χ4v) is 5.09. The summed E-state index contributed by atoms with van der Waals surface area (Å²) in [5, 5.41) is 9.96. The zero-order chi connectivity index (χ0) is 24.1. The second-order valence-electron chi connectivity index (χ2n) is 10.9. The van der Waals surface area contributed by atoms with Crippen LogP contribution < -0.4 is 4.74 Å². The normalized spacial score (nSPS) is 26.2. The van der Waals surface area contributed by atoms with E-state index in [1.54, 1.807) is 0 Å². The highest BCUT2D eigenvalue weighted by atomic mass is 19.2. The van der Waals surface area contributed by atoms with Crippen LogP contribution in [0.3, 0.4) is 0 Å². The van der Waals surface area contributed by atoms with Gasteiger partial charge in [0.1, 0.15) is 11.4 Å². The second-order valence-corrected chi connectivity index (χ2v) is 10.9. The molecular weight excluding hydrogens is 426 g/mol. The van der Waals surface area contributed by atoms with Crippen LogP contribution in [0.1, 0.15) is 70.3 Å². The molecule has 0 unspecified atom stereocenters. The van der Waals surface area contributed by atoms with E-state index >= 15 is 0 Å². The number of hydrogen-bond donors (Lipinski definition) is 1. The predicted octanol–water partition coefficient (Wildman–Crippen LogP) is 6.21. The average Bonchev–Trinajstić information content (AvgIpc) is 2.72. The molecule has 4 atom stereocenters. The molecule has 2 aromatic rings. The van der Waals surface area contributed by atoms with Gasteiger partial charge < -0.3 is 14.6 Å². The Morgan fingerprint density at radius 1 is 1.12 bits per heavy atom. The molecule has 2 heterocycles. The number of carboxylic acids is 1. The Morgan fingerprint density at radius 2 is 1.85 bits per heavy atom. The predicted molar refractivity (Wildman–Crippen MR) is 121 cm³/mol. The number of carboxylic acid groups (broad SMARTS) is 1. The molecule has 2 aromatic carbocycles. The first-order valence-corrected chi connectivity index (χ1v) is 11.5. The van der Waals surface area contributed by atoms with Crippen LogP contribution in [0, 0.1) is 23.5 Å². The van der Waals surface area contributed by atoms with Gasteiger partial charge >= 0.3 is 5.97 Å². The highest BCUT2D eigenvalue weighted by Crippen LogP contribution is 2.53. The van der Waals surface area contributed by atoms with E-state index in [1.165, 1.54) is 12.1 Å². The van der Waals surface area contributed by atoms with Crippen LogP contribution in [0.15, 0.2) is 36.4 Å². The average molecular weight is 459 g/mol. The van der Waals surface area contributed by atoms with Crippen molar-refractivity contribution in [2.75, 3.05) is 0 Å². The van der Waals surface area contributed by atoms with Crippen LogP contribution in [0.25, 0.3) is 0 Å². The van der Waals surface area contributed by atoms with Gasteiger partial charge in [-0.3, -0.25) is 4.79 Å². The lowest BCUT2D eigenvalue weighted by Crippen LogP contribution is -2.52. The van der Waals surface area contributed by atoms with Crippen molar-refractivity contribution in [3.8, 4) is 5.75 Å². The van der Waals surface area contributed by atoms with Gasteiger partial charge in [-0.15, -0.1) is 0 Å². The second kappa shape index (κ2) is 8.39. The van der Waals surface area contributed by atoms with E-state index < -0.39 is 35.2 Å². The fourth-order valence-electron chi connectivity index (χ4n) is 5.09. The SMILES string of the molecule is CC(C)(C)c1ccc2c(c1)[C@H]1O[C@@H](CCc3ccc(F)c(F)c3)[C@@H](C(=O)O)C[C@@H]1C(C)(C)O2. The monoisotopic (exact) mass is 458 g/mol. The molecule has 2 aliphatic heterocycles. The van der Waals surface area contributed by atoms with E-state index in [2.05, 4.69) is 32.9 Å². The van der Waals surface area contributed by atoms with E-state index in [-0.39, 0.29) is 17.4 Å². The minimum atomic E-state index is -0.909. The smallest absolute Gasteiger partial charge is 0.309 e. The lowest BCUT2D eigenvalue weighted by Gasteiger charge is -2.50. The molecular formula is C27H32F2O4. The lowest BCUT2D eigenvalue weighted by molar-refractivity contribution is -0.188. The van der Waals surface area contributed by atoms with E-state index in [0.717, 1.165) is 22.9 Å². The summed E-state index contributed by atoms with van der Waals surface area (Å²) in [5.74, 6) is -2.76. The molecule has 1 N–H and O–H groups in total. The molecule has 2 aliphatic rings. The Balaban J connectivity index is 1.65. The third-order valence-electron chi connectivity index (χ3n) is 7.11. The molecule has 4 rings (SSSR count). The number of aryl methyl sites for hydroxylation is 1. The third-order valence-corrected chi connectivity index (χ3v) is 7.11. The maximum absolute atomic E-state index is 13.6. The minimum Gasteiger partial charge on any atom is -0.487 e. The van der Waals surface area contributed by atoms with Crippen LogP contribution in [0.4, 0.5) is 8.78 Å². The van der Waals surface area contributed by atoms with Crippen molar-refractivity contribution in [2.45, 2.75) is 77.1 Å². The standard InChI is InChI=1S/C27H32F2O4/c1-26(2,3)16-8-11-23-17(13-16)24-19(27(4,5)33-23)14-18(25(30)31)22(32-24)10-7-15-6-9-20(28)21(29)12-15/h6,8-9,11-13,18-19,22,24H,7,10,14H2,1-5H3,(H,30,31)/t18-,19-,22-,24+/m0/s1. The van der Waals surface area contributed by atoms with Gasteiger partial charge in [0, 0.05) is 11.5 Å². The van der Waals surface area contributed by atoms with Gasteiger partial charge in [-0.1, -0.05) is 32.9 Å². The van der Waals surface area contributed by atoms with Crippen molar-refractivity contribution in [2.24, 2.45) is 11.8 Å². The van der Waals surface area contributed by atoms with Crippen LogP contribution in [0.5, 0.6) is 5.75 Å². The summed E-state index contributed by atoms with van der Waals surface area (Å²) in [7, 11) is 0. The topological polar surface area (TPSA) is 55.8 Å². The van der Waals surface area contributed by atoms with E-state index in [1.807, 2.05) is 19.9 Å². The lowest BCUT2D eigenvalue weighted by atomic mass is 9.70. The van der Waals surface area contributed by atoms with Gasteiger partial charge in [-0.25, -0.2) is 8.78 Å². The van der Waals surface area contributed by atoms with Crippen molar-refractivity contribution in [3.63, 3.8) is 0 Å². The Morgan fingerprint density at radius 3 is 2.48 bits per heavy atom. The van der Waals surface area contributed by atoms with Crippen molar-refractivity contribution >= 4 is 5.97 Å². The summed E-state index contributed by atoms with van der Waals surface area (Å²) in [6, 6.07) is 9.97. The summed E-state index contributed by atoms with van der Waals surface area (Å²) >= 11 is 0. The van der Waals surface area contributed by atoms with Gasteiger partial charge in [0.05, 0.1) is 18.1 Å². The van der Waals surface area contributed by atoms with Crippen LogP contribution in [-0.4, -0.2) is 22.8 Å². The van der Waals surface area contributed by atoms with Crippen LogP contribution >= 0.6 is 0 Å². The number of fused-ring (bicyclic) bond motifs is 3. The van der Waals surface area contributed by atoms with Crippen molar-refractivity contribution in [1.29, 1.82) is 0 Å². The van der Waals surface area contributed by atoms with Crippen molar-refractivity contribution in [1.82, 2.24) is 0 Å². The molecule has 1 fully saturated rings. The van der Waals surface area contributed by atoms with Gasteiger partial charge in [-0.2, -0.15) is 0 Å². The van der Waals surface area contributed by atoms with E-state index in [9.17, 15) is 18.7 Å². The highest BCUT2D eigenvalue weighted by molar-refractivity contribution is 5.71. The van der Waals surface area contributed by atoms with E-state index in [4.69, 9.17) is 9.47 Å². The molecule has 33 heavy (non-hydrogen) atoms. The van der Waals surface area contributed by atoms with Gasteiger partial charge in [-0.05, 0) is 73.9 Å². The summed E-state index contributed by atoms with van der Waals surface area (Å²) in [6.07, 6.45) is 0.390. The highest BCUT2D eigenvalue weighted by Gasteiger charge is 2.52. The zero-order valence-electron chi connectivity index (χ0n) is 19.8. The quantitative estimate of drug-likeness (QED) is 0.592. The van der Waals surface area contributed by atoms with Gasteiger partial charge in [0.2, 0.25) is 0 Å². The fraction of sp³-hybridized carbons (Fsp3) is 0.519. The number of hydrogen-bond acceptors (Lipinski definition) is 3. The Labute approximate surface area is 193 Å². The maximum atomic E-state index is 13.6. The number of benzene rings is 2. The Hall–Kier alpha value is -2.47. The molecule has 4 nitrogen and oxygen atoms in total. The summed E-state index contributed by atoms with van der Waals surface area (Å²) in [4.78, 5) is 12.2. The van der Waals surface area contributed by atoms with Gasteiger partial charge in [0.25, 0.3) is 0 Å². The molecule has 0 radical (unpaired) electrons.